The molecule has 1 aromatic rings. The smallest absolute Gasteiger partial charge is 0.301 e. The van der Waals surface area contributed by atoms with Crippen molar-refractivity contribution in [3.8, 4) is 0 Å². The number of hydrogen-bond donors (Lipinski definition) is 1. The quantitative estimate of drug-likeness (QED) is 0.635. The topological polar surface area (TPSA) is 75.2 Å². The first-order chi connectivity index (χ1) is 8.90. The average molecular weight is 280 g/mol. The van der Waals surface area contributed by atoms with Gasteiger partial charge in [0.15, 0.2) is 6.67 Å². The third-order valence-electron chi connectivity index (χ3n) is 2.69. The monoisotopic (exact) mass is 280 g/mol. The molecule has 3 amide bonds. The van der Waals surface area contributed by atoms with Crippen molar-refractivity contribution in [2.75, 3.05) is 20.8 Å². The van der Waals surface area contributed by atoms with Crippen molar-refractivity contribution in [1.82, 2.24) is 24.7 Å². The molecule has 0 saturated carbocycles. The van der Waals surface area contributed by atoms with E-state index in [1.165, 1.54) is 0 Å². The largest absolute Gasteiger partial charge is 0.333 e. The zero-order valence-corrected chi connectivity index (χ0v) is 11.5. The van der Waals surface area contributed by atoms with Crippen molar-refractivity contribution in [3.63, 3.8) is 0 Å². The number of carbonyl (C=O) groups excluding carboxylic acids is 2. The lowest BCUT2D eigenvalue weighted by molar-refractivity contribution is -0.128. The molecular weight excluding hydrogens is 266 g/mol. The molecular formula is C11H14N5O2S+. The molecule has 0 unspecified atom stereocenters. The predicted octanol–water partition coefficient (Wildman–Crippen LogP) is 0.270. The summed E-state index contributed by atoms with van der Waals surface area (Å²) in [6.07, 6.45) is 3.29. The maximum absolute atomic E-state index is 11.9. The first kappa shape index (κ1) is 13.5. The van der Waals surface area contributed by atoms with Crippen molar-refractivity contribution >= 4 is 35.1 Å². The summed E-state index contributed by atoms with van der Waals surface area (Å²) in [5.41, 5.74) is 0. The van der Waals surface area contributed by atoms with Gasteiger partial charge < -0.3 is 5.32 Å². The Kier molecular flexibility index (Phi) is 3.54. The Hall–Kier alpha value is -1.93. The number of hydrogen-bond acceptors (Lipinski definition) is 5. The van der Waals surface area contributed by atoms with Gasteiger partial charge in [-0.1, -0.05) is 12.2 Å². The van der Waals surface area contributed by atoms with Crippen LogP contribution in [0, 0.1) is 0 Å². The number of carbonyl (C=O) groups is 2. The maximum atomic E-state index is 11.9. The van der Waals surface area contributed by atoms with Crippen LogP contribution in [0.3, 0.4) is 0 Å². The van der Waals surface area contributed by atoms with E-state index < -0.39 is 6.03 Å². The van der Waals surface area contributed by atoms with Crippen molar-refractivity contribution < 1.29 is 9.59 Å². The fourth-order valence-corrected chi connectivity index (χ4v) is 1.95. The molecule has 8 heteroatoms. The Balaban J connectivity index is 2.18. The van der Waals surface area contributed by atoms with Gasteiger partial charge in [-0.25, -0.2) is 14.2 Å². The lowest BCUT2D eigenvalue weighted by atomic mass is 10.3. The highest BCUT2D eigenvalue weighted by molar-refractivity contribution is 7.80. The number of urea groups is 1. The summed E-state index contributed by atoms with van der Waals surface area (Å²) in [6.45, 7) is 0.150. The van der Waals surface area contributed by atoms with E-state index in [1.807, 2.05) is 14.1 Å². The van der Waals surface area contributed by atoms with Gasteiger partial charge in [0, 0.05) is 12.4 Å². The SMILES string of the molecule is C[N+](C)(CN1C(=O)CC(=S)NC1=O)c1ncccn1. The van der Waals surface area contributed by atoms with Gasteiger partial charge in [0.25, 0.3) is 0 Å². The molecule has 100 valence electrons. The van der Waals surface area contributed by atoms with E-state index in [9.17, 15) is 9.59 Å². The highest BCUT2D eigenvalue weighted by Crippen LogP contribution is 2.14. The first-order valence-corrected chi connectivity index (χ1v) is 6.06. The second-order valence-corrected chi connectivity index (χ2v) is 5.22. The normalized spacial score (nSPS) is 16.5. The molecule has 0 aliphatic carbocycles. The maximum Gasteiger partial charge on any atom is 0.333 e. The van der Waals surface area contributed by atoms with Crippen LogP contribution < -0.4 is 9.80 Å². The summed E-state index contributed by atoms with van der Waals surface area (Å²) in [7, 11) is 3.64. The third-order valence-corrected chi connectivity index (χ3v) is 2.94. The fourth-order valence-electron chi connectivity index (χ4n) is 1.74. The Bertz CT molecular complexity index is 511. The van der Waals surface area contributed by atoms with E-state index in [1.54, 1.807) is 18.5 Å². The van der Waals surface area contributed by atoms with E-state index in [4.69, 9.17) is 12.2 Å². The third kappa shape index (κ3) is 2.91. The molecule has 2 heterocycles. The van der Waals surface area contributed by atoms with Crippen LogP contribution in [0.5, 0.6) is 0 Å². The van der Waals surface area contributed by atoms with E-state index in [0.29, 0.717) is 5.95 Å². The second kappa shape index (κ2) is 4.98. The average Bonchev–Trinajstić information content (AvgIpc) is 2.35. The minimum absolute atomic E-state index is 0.0523. The molecule has 1 N–H and O–H groups in total. The van der Waals surface area contributed by atoms with Crippen LogP contribution in [0.1, 0.15) is 6.42 Å². The number of amides is 3. The van der Waals surface area contributed by atoms with Crippen molar-refractivity contribution in [1.29, 1.82) is 0 Å². The van der Waals surface area contributed by atoms with Gasteiger partial charge in [-0.15, -0.1) is 0 Å². The molecule has 0 aromatic carbocycles. The lowest BCUT2D eigenvalue weighted by Gasteiger charge is -2.33. The van der Waals surface area contributed by atoms with E-state index >= 15 is 0 Å². The van der Waals surface area contributed by atoms with E-state index in [2.05, 4.69) is 15.3 Å². The Morgan fingerprint density at radius 2 is 2.00 bits per heavy atom. The molecule has 1 aliphatic heterocycles. The number of imide groups is 1. The molecule has 1 aromatic heterocycles. The van der Waals surface area contributed by atoms with Crippen LogP contribution in [0.25, 0.3) is 0 Å². The van der Waals surface area contributed by atoms with Gasteiger partial charge in [-0.2, -0.15) is 9.97 Å². The lowest BCUT2D eigenvalue weighted by Crippen LogP contribution is -2.60. The molecule has 2 rings (SSSR count). The van der Waals surface area contributed by atoms with Gasteiger partial charge in [0.05, 0.1) is 25.5 Å². The highest BCUT2D eigenvalue weighted by atomic mass is 32.1. The standard InChI is InChI=1S/C11H13N5O2S/c1-16(2,10-12-4-3-5-13-10)7-15-9(17)6-8(19)14-11(15)18/h3-5H,6-7H2,1-2H3/p+1. The molecule has 1 fully saturated rings. The number of aromatic nitrogens is 2. The number of thiocarbonyl (C=S) groups is 1. The van der Waals surface area contributed by atoms with Crippen molar-refractivity contribution in [2.45, 2.75) is 6.42 Å². The Morgan fingerprint density at radius 3 is 2.58 bits per heavy atom. The summed E-state index contributed by atoms with van der Waals surface area (Å²) in [4.78, 5) is 33.3. The van der Waals surface area contributed by atoms with Crippen molar-refractivity contribution in [2.24, 2.45) is 0 Å². The number of nitrogens with zero attached hydrogens (tertiary/aromatic N) is 4. The first-order valence-electron chi connectivity index (χ1n) is 5.65. The molecule has 19 heavy (non-hydrogen) atoms. The molecule has 0 bridgehead atoms. The minimum Gasteiger partial charge on any atom is -0.301 e. The molecule has 0 spiro atoms. The number of quaternary nitrogens is 1. The zero-order chi connectivity index (χ0) is 14.0. The molecule has 0 atom stereocenters. The molecule has 7 nitrogen and oxygen atoms in total. The summed E-state index contributed by atoms with van der Waals surface area (Å²) in [5.74, 6) is 0.215. The van der Waals surface area contributed by atoms with Gasteiger partial charge in [0.1, 0.15) is 0 Å². The van der Waals surface area contributed by atoms with Gasteiger partial charge in [-0.05, 0) is 6.07 Å². The highest BCUT2D eigenvalue weighted by Gasteiger charge is 2.35. The van der Waals surface area contributed by atoms with Crippen molar-refractivity contribution in [3.05, 3.63) is 18.5 Å². The van der Waals surface area contributed by atoms with Crippen LogP contribution >= 0.6 is 12.2 Å². The summed E-state index contributed by atoms with van der Waals surface area (Å²) >= 11 is 4.84. The minimum atomic E-state index is -0.497. The van der Waals surface area contributed by atoms with E-state index in [0.717, 1.165) is 4.90 Å². The predicted molar refractivity (Wildman–Crippen MR) is 73.1 cm³/mol. The number of nitrogens with one attached hydrogen (secondary N) is 1. The van der Waals surface area contributed by atoms with Crippen LogP contribution in [0.15, 0.2) is 18.5 Å². The van der Waals surface area contributed by atoms with Crippen LogP contribution in [-0.2, 0) is 4.79 Å². The summed E-state index contributed by atoms with van der Waals surface area (Å²) in [6, 6.07) is 1.21. The van der Waals surface area contributed by atoms with Gasteiger partial charge >= 0.3 is 12.0 Å². The number of rotatable bonds is 3. The van der Waals surface area contributed by atoms with Gasteiger partial charge in [-0.3, -0.25) is 4.79 Å². The van der Waals surface area contributed by atoms with Crippen LogP contribution in [-0.4, -0.2) is 52.6 Å². The van der Waals surface area contributed by atoms with E-state index in [-0.39, 0.29) is 28.5 Å². The van der Waals surface area contributed by atoms with Crippen LogP contribution in [0.4, 0.5) is 10.7 Å². The summed E-state index contributed by atoms with van der Waals surface area (Å²) < 4.78 is 0.187. The molecule has 0 radical (unpaired) electrons. The molecule has 1 saturated heterocycles. The Labute approximate surface area is 115 Å². The zero-order valence-electron chi connectivity index (χ0n) is 10.7. The van der Waals surface area contributed by atoms with Crippen LogP contribution in [0.2, 0.25) is 0 Å². The second-order valence-electron chi connectivity index (χ2n) is 4.73. The summed E-state index contributed by atoms with van der Waals surface area (Å²) in [5, 5.41) is 2.48. The van der Waals surface area contributed by atoms with Gasteiger partial charge in [0.2, 0.25) is 5.91 Å². The Morgan fingerprint density at radius 1 is 1.37 bits per heavy atom. The molecule has 1 aliphatic rings. The fraction of sp³-hybridized carbons (Fsp3) is 0.364.